The largest absolute Gasteiger partial charge is 0.423 e. The van der Waals surface area contributed by atoms with Crippen LogP contribution in [0.5, 0.6) is 5.75 Å². The van der Waals surface area contributed by atoms with Crippen molar-refractivity contribution >= 4 is 11.8 Å². The van der Waals surface area contributed by atoms with Crippen LogP contribution in [-0.4, -0.2) is 5.97 Å². The van der Waals surface area contributed by atoms with Crippen molar-refractivity contribution in [1.29, 1.82) is 0 Å². The van der Waals surface area contributed by atoms with E-state index in [2.05, 4.69) is 0 Å². The van der Waals surface area contributed by atoms with Gasteiger partial charge in [0.25, 0.3) is 0 Å². The average Bonchev–Trinajstić information content (AvgIpc) is 2.91. The highest BCUT2D eigenvalue weighted by Crippen LogP contribution is 2.36. The van der Waals surface area contributed by atoms with E-state index >= 15 is 0 Å². The average molecular weight is 562 g/mol. The monoisotopic (exact) mass is 562 g/mol. The molecular weight excluding hydrogens is 544 g/mol. The van der Waals surface area contributed by atoms with Gasteiger partial charge in [-0.2, -0.15) is 13.2 Å². The number of esters is 1. The van der Waals surface area contributed by atoms with Gasteiger partial charge in [-0.1, -0.05) is 37.3 Å². The molecule has 0 heterocycles. The number of carbonyl (C=O) groups is 1. The Balaban J connectivity index is 1.50. The number of allylic oxidation sites excluding steroid dienone is 1. The van der Waals surface area contributed by atoms with Gasteiger partial charge in [-0.3, -0.25) is 0 Å². The molecular formula is C30H18F8O2. The topological polar surface area (TPSA) is 26.3 Å². The maximum Gasteiger partial charge on any atom is 0.422 e. The van der Waals surface area contributed by atoms with Gasteiger partial charge in [0.1, 0.15) is 34.6 Å². The van der Waals surface area contributed by atoms with Crippen molar-refractivity contribution < 1.29 is 44.7 Å². The molecule has 0 saturated carbocycles. The van der Waals surface area contributed by atoms with E-state index in [1.165, 1.54) is 67.6 Å². The molecule has 0 N–H and O–H groups in total. The second-order valence-electron chi connectivity index (χ2n) is 8.57. The smallest absolute Gasteiger partial charge is 0.422 e. The van der Waals surface area contributed by atoms with Crippen LogP contribution in [0, 0.1) is 17.5 Å². The molecule has 0 amide bonds. The first-order valence-electron chi connectivity index (χ1n) is 11.7. The number of alkyl halides is 3. The third-order valence-corrected chi connectivity index (χ3v) is 5.93. The maximum absolute atomic E-state index is 14.9. The van der Waals surface area contributed by atoms with Crippen molar-refractivity contribution in [2.24, 2.45) is 0 Å². The number of ether oxygens (including phenoxy) is 1. The number of halogens is 8. The molecule has 0 radical (unpaired) electrons. The van der Waals surface area contributed by atoms with Crippen molar-refractivity contribution in [3.05, 3.63) is 119 Å². The fraction of sp³-hybridized carbons (Fsp3) is 0.100. The molecule has 40 heavy (non-hydrogen) atoms. The second kappa shape index (κ2) is 11.3. The Morgan fingerprint density at radius 3 is 1.77 bits per heavy atom. The van der Waals surface area contributed by atoms with Gasteiger partial charge < -0.3 is 4.74 Å². The van der Waals surface area contributed by atoms with E-state index in [0.29, 0.717) is 17.7 Å². The summed E-state index contributed by atoms with van der Waals surface area (Å²) in [5, 5.41) is 0. The van der Waals surface area contributed by atoms with E-state index in [1.54, 1.807) is 0 Å². The standard InChI is InChI=1S/C30H18F8O2/c1-2-23(31)28(35)18-7-10-21(11-8-18)40-29(39)19-9-12-22(24(32)13-19)17-5-3-16(4-6-17)20-14-25(33)27(26(34)15-20)30(36,37)38/h3-15H,2H2,1H3. The van der Waals surface area contributed by atoms with E-state index < -0.39 is 46.8 Å². The third kappa shape index (κ3) is 6.06. The lowest BCUT2D eigenvalue weighted by molar-refractivity contribution is -0.142. The first-order valence-corrected chi connectivity index (χ1v) is 11.7. The Kier molecular flexibility index (Phi) is 8.08. The van der Waals surface area contributed by atoms with Crippen LogP contribution in [0.2, 0.25) is 0 Å². The summed E-state index contributed by atoms with van der Waals surface area (Å²) in [5.74, 6) is -7.14. The number of benzene rings is 4. The summed E-state index contributed by atoms with van der Waals surface area (Å²) in [6.07, 6.45) is -5.31. The Bertz CT molecular complexity index is 1570. The van der Waals surface area contributed by atoms with Crippen LogP contribution in [0.3, 0.4) is 0 Å². The first kappa shape index (κ1) is 28.5. The summed E-state index contributed by atoms with van der Waals surface area (Å²) in [6.45, 7) is 1.46. The van der Waals surface area contributed by atoms with Gasteiger partial charge in [-0.15, -0.1) is 0 Å². The highest BCUT2D eigenvalue weighted by Gasteiger charge is 2.38. The maximum atomic E-state index is 14.9. The third-order valence-electron chi connectivity index (χ3n) is 5.93. The lowest BCUT2D eigenvalue weighted by atomic mass is 9.98. The molecule has 0 aliphatic rings. The molecule has 206 valence electrons. The SMILES string of the molecule is CCC(F)=C(F)c1ccc(OC(=O)c2ccc(-c3ccc(-c4cc(F)c(C(F)(F)F)c(F)c4)cc3)c(F)c2)cc1. The van der Waals surface area contributed by atoms with Crippen molar-refractivity contribution in [1.82, 2.24) is 0 Å². The molecule has 0 unspecified atom stereocenters. The molecule has 0 fully saturated rings. The lowest BCUT2D eigenvalue weighted by Gasteiger charge is -2.12. The number of hydrogen-bond acceptors (Lipinski definition) is 2. The Labute approximate surface area is 223 Å². The Hall–Kier alpha value is -4.47. The normalized spacial score (nSPS) is 12.2. The molecule has 10 heteroatoms. The van der Waals surface area contributed by atoms with E-state index in [0.717, 1.165) is 6.07 Å². The van der Waals surface area contributed by atoms with Gasteiger partial charge in [0, 0.05) is 11.1 Å². The van der Waals surface area contributed by atoms with Crippen LogP contribution in [0.15, 0.2) is 84.7 Å². The molecule has 0 spiro atoms. The fourth-order valence-corrected chi connectivity index (χ4v) is 3.88. The van der Waals surface area contributed by atoms with Crippen LogP contribution >= 0.6 is 0 Å². The van der Waals surface area contributed by atoms with Gasteiger partial charge in [-0.05, 0) is 71.6 Å². The molecule has 2 nitrogen and oxygen atoms in total. The minimum atomic E-state index is -5.19. The molecule has 0 aliphatic carbocycles. The highest BCUT2D eigenvalue weighted by atomic mass is 19.4. The summed E-state index contributed by atoms with van der Waals surface area (Å²) in [5.41, 5.74) is -1.73. The van der Waals surface area contributed by atoms with Crippen LogP contribution in [0.4, 0.5) is 35.1 Å². The van der Waals surface area contributed by atoms with Gasteiger partial charge in [-0.25, -0.2) is 26.7 Å². The lowest BCUT2D eigenvalue weighted by Crippen LogP contribution is -2.11. The molecule has 4 rings (SSSR count). The number of hydrogen-bond donors (Lipinski definition) is 0. The molecule has 4 aromatic carbocycles. The van der Waals surface area contributed by atoms with E-state index in [4.69, 9.17) is 4.74 Å². The van der Waals surface area contributed by atoms with E-state index in [-0.39, 0.29) is 40.0 Å². The quantitative estimate of drug-likeness (QED) is 0.133. The summed E-state index contributed by atoms with van der Waals surface area (Å²) < 4.78 is 114. The zero-order valence-corrected chi connectivity index (χ0v) is 20.6. The van der Waals surface area contributed by atoms with Crippen molar-refractivity contribution in [3.8, 4) is 28.0 Å². The first-order chi connectivity index (χ1) is 18.9. The minimum absolute atomic E-state index is 0.0228. The number of carbonyl (C=O) groups excluding carboxylic acids is 1. The van der Waals surface area contributed by atoms with E-state index in [9.17, 15) is 39.9 Å². The summed E-state index contributed by atoms with van der Waals surface area (Å²) in [7, 11) is 0. The van der Waals surface area contributed by atoms with Crippen molar-refractivity contribution in [2.45, 2.75) is 19.5 Å². The summed E-state index contributed by atoms with van der Waals surface area (Å²) in [6, 6.07) is 15.1. The Morgan fingerprint density at radius 1 is 0.700 bits per heavy atom. The molecule has 0 saturated heterocycles. The fourth-order valence-electron chi connectivity index (χ4n) is 3.88. The summed E-state index contributed by atoms with van der Waals surface area (Å²) in [4.78, 5) is 12.5. The van der Waals surface area contributed by atoms with Crippen LogP contribution in [-0.2, 0) is 6.18 Å². The van der Waals surface area contributed by atoms with Crippen molar-refractivity contribution in [2.75, 3.05) is 0 Å². The predicted molar refractivity (Wildman–Crippen MR) is 133 cm³/mol. The highest BCUT2D eigenvalue weighted by molar-refractivity contribution is 5.92. The predicted octanol–water partition coefficient (Wildman–Crippen LogP) is 9.69. The zero-order chi connectivity index (χ0) is 29.2. The van der Waals surface area contributed by atoms with Gasteiger partial charge >= 0.3 is 12.1 Å². The van der Waals surface area contributed by atoms with Crippen LogP contribution < -0.4 is 4.74 Å². The van der Waals surface area contributed by atoms with Crippen LogP contribution in [0.1, 0.15) is 34.8 Å². The van der Waals surface area contributed by atoms with E-state index in [1.807, 2.05) is 0 Å². The molecule has 0 aliphatic heterocycles. The second-order valence-corrected chi connectivity index (χ2v) is 8.57. The molecule has 0 aromatic heterocycles. The number of rotatable bonds is 6. The van der Waals surface area contributed by atoms with Crippen LogP contribution in [0.25, 0.3) is 28.1 Å². The molecule has 0 atom stereocenters. The van der Waals surface area contributed by atoms with Gasteiger partial charge in [0.15, 0.2) is 5.83 Å². The molecule has 0 bridgehead atoms. The molecule has 4 aromatic rings. The van der Waals surface area contributed by atoms with Gasteiger partial charge in [0.2, 0.25) is 0 Å². The van der Waals surface area contributed by atoms with Gasteiger partial charge in [0.05, 0.1) is 5.56 Å². The van der Waals surface area contributed by atoms with Crippen molar-refractivity contribution in [3.63, 3.8) is 0 Å². The minimum Gasteiger partial charge on any atom is -0.423 e. The zero-order valence-electron chi connectivity index (χ0n) is 20.6. The summed E-state index contributed by atoms with van der Waals surface area (Å²) >= 11 is 0. The Morgan fingerprint density at radius 2 is 1.25 bits per heavy atom.